The Morgan fingerprint density at radius 2 is 1.46 bits per heavy atom. The fourth-order valence-corrected chi connectivity index (χ4v) is 2.33. The van der Waals surface area contributed by atoms with Gasteiger partial charge in [0.2, 0.25) is 0 Å². The first-order valence-electron chi connectivity index (χ1n) is 9.20. The highest BCUT2D eigenvalue weighted by Crippen LogP contribution is 2.38. The number of hydrogen-bond donors (Lipinski definition) is 0. The molecule has 0 atom stereocenters. The summed E-state index contributed by atoms with van der Waals surface area (Å²) >= 11 is 0. The molecule has 0 radical (unpaired) electrons. The predicted octanol–water partition coefficient (Wildman–Crippen LogP) is 6.95. The fourth-order valence-electron chi connectivity index (χ4n) is 2.33. The van der Waals surface area contributed by atoms with Gasteiger partial charge in [-0.3, -0.25) is 0 Å². The maximum absolute atomic E-state index is 9.16. The average Bonchev–Trinajstić information content (AvgIpc) is 2.53. The molecule has 1 aromatic rings. The molecule has 0 aromatic heterocycles. The molecule has 0 saturated heterocycles. The number of halogens is 2. The number of benzene rings is 1. The third kappa shape index (κ3) is 9.48. The number of hydrogen-bond acceptors (Lipinski definition) is 3. The van der Waals surface area contributed by atoms with Crippen LogP contribution in [0.1, 0.15) is 85.3 Å². The number of unbranched alkanes of at least 4 members (excludes halogenated alkanes) is 1. The van der Waals surface area contributed by atoms with E-state index < -0.39 is 8.26 Å². The van der Waals surface area contributed by atoms with Crippen LogP contribution in [-0.2, 0) is 19.1 Å². The molecule has 0 saturated carbocycles. The highest BCUT2D eigenvalue weighted by Gasteiger charge is 2.26. The van der Waals surface area contributed by atoms with Gasteiger partial charge < -0.3 is 4.74 Å². The summed E-state index contributed by atoms with van der Waals surface area (Å²) in [5.74, 6) is 1.07. The van der Waals surface area contributed by atoms with E-state index in [4.69, 9.17) is 13.2 Å². The maximum Gasteiger partial charge on any atom is 0.317 e. The lowest BCUT2D eigenvalue weighted by Gasteiger charge is -2.30. The third-order valence-corrected chi connectivity index (χ3v) is 5.01. The summed E-state index contributed by atoms with van der Waals surface area (Å²) in [5, 5.41) is 0. The SMILES string of the molecule is CCCCOc1ccc(C(C)(C)CC)cc1C(C)(C)CC.O=S(=O)(Cl)Cl. The zero-order valence-electron chi connectivity index (χ0n) is 17.2. The Morgan fingerprint density at radius 3 is 1.88 bits per heavy atom. The summed E-state index contributed by atoms with van der Waals surface area (Å²) in [6.45, 7) is 16.8. The van der Waals surface area contributed by atoms with Gasteiger partial charge in [-0.1, -0.05) is 67.0 Å². The lowest BCUT2D eigenvalue weighted by molar-refractivity contribution is 0.298. The minimum absolute atomic E-state index is 0.154. The summed E-state index contributed by atoms with van der Waals surface area (Å²) < 4.78 is 24.4. The smallest absolute Gasteiger partial charge is 0.317 e. The molecule has 0 amide bonds. The van der Waals surface area contributed by atoms with Gasteiger partial charge in [0, 0.05) is 26.9 Å². The molecule has 0 aliphatic rings. The van der Waals surface area contributed by atoms with E-state index in [9.17, 15) is 0 Å². The van der Waals surface area contributed by atoms with Crippen molar-refractivity contribution >= 4 is 29.6 Å². The van der Waals surface area contributed by atoms with Gasteiger partial charge in [-0.05, 0) is 41.7 Å². The first-order chi connectivity index (χ1) is 11.8. The van der Waals surface area contributed by atoms with Gasteiger partial charge in [-0.15, -0.1) is 0 Å². The molecule has 0 spiro atoms. The lowest BCUT2D eigenvalue weighted by Crippen LogP contribution is -2.21. The molecule has 0 fully saturated rings. The molecular formula is C20H34Cl2O3S. The van der Waals surface area contributed by atoms with Crippen LogP contribution in [0.5, 0.6) is 5.75 Å². The first kappa shape index (κ1) is 25.6. The van der Waals surface area contributed by atoms with Gasteiger partial charge in [0.05, 0.1) is 6.61 Å². The molecule has 0 aliphatic carbocycles. The summed E-state index contributed by atoms with van der Waals surface area (Å²) in [6, 6.07) is 6.82. The minimum Gasteiger partial charge on any atom is -0.493 e. The summed E-state index contributed by atoms with van der Waals surface area (Å²) in [5.41, 5.74) is 3.16. The quantitative estimate of drug-likeness (QED) is 0.334. The van der Waals surface area contributed by atoms with Gasteiger partial charge in [0.15, 0.2) is 0 Å². The Kier molecular flexibility index (Phi) is 10.6. The van der Waals surface area contributed by atoms with E-state index in [0.29, 0.717) is 0 Å². The molecule has 6 heteroatoms. The minimum atomic E-state index is -3.72. The van der Waals surface area contributed by atoms with Gasteiger partial charge in [-0.25, -0.2) is 0 Å². The second kappa shape index (κ2) is 10.8. The van der Waals surface area contributed by atoms with Crippen LogP contribution < -0.4 is 4.74 Å². The molecule has 0 aliphatic heterocycles. The van der Waals surface area contributed by atoms with E-state index in [1.54, 1.807) is 0 Å². The number of rotatable bonds is 8. The van der Waals surface area contributed by atoms with Gasteiger partial charge in [-0.2, -0.15) is 8.42 Å². The topological polar surface area (TPSA) is 43.4 Å². The molecule has 3 nitrogen and oxygen atoms in total. The van der Waals surface area contributed by atoms with Crippen LogP contribution in [0.25, 0.3) is 0 Å². The Hall–Kier alpha value is -0.450. The Bertz CT molecular complexity index is 645. The van der Waals surface area contributed by atoms with E-state index in [1.807, 2.05) is 0 Å². The van der Waals surface area contributed by atoms with Crippen LogP contribution in [0.15, 0.2) is 18.2 Å². The molecule has 1 rings (SSSR count). The van der Waals surface area contributed by atoms with Crippen molar-refractivity contribution in [3.63, 3.8) is 0 Å². The highest BCUT2D eigenvalue weighted by molar-refractivity contribution is 8.31. The summed E-state index contributed by atoms with van der Waals surface area (Å²) in [4.78, 5) is 0. The molecule has 0 N–H and O–H groups in total. The van der Waals surface area contributed by atoms with Crippen molar-refractivity contribution in [1.29, 1.82) is 0 Å². The highest BCUT2D eigenvalue weighted by atomic mass is 36.0. The van der Waals surface area contributed by atoms with Crippen molar-refractivity contribution in [3.8, 4) is 5.75 Å². The van der Waals surface area contributed by atoms with Crippen molar-refractivity contribution in [2.24, 2.45) is 0 Å². The van der Waals surface area contributed by atoms with E-state index in [-0.39, 0.29) is 10.8 Å². The van der Waals surface area contributed by atoms with Crippen molar-refractivity contribution in [2.75, 3.05) is 6.61 Å². The Balaban J connectivity index is 0.00000110. The molecular weight excluding hydrogens is 391 g/mol. The van der Waals surface area contributed by atoms with E-state index in [0.717, 1.165) is 31.6 Å². The van der Waals surface area contributed by atoms with E-state index >= 15 is 0 Å². The van der Waals surface area contributed by atoms with Crippen LogP contribution in [-0.4, -0.2) is 15.0 Å². The monoisotopic (exact) mass is 424 g/mol. The van der Waals surface area contributed by atoms with Crippen LogP contribution in [0.4, 0.5) is 0 Å². The Labute approximate surface area is 169 Å². The Morgan fingerprint density at radius 1 is 0.962 bits per heavy atom. The molecule has 1 aromatic carbocycles. The second-order valence-electron chi connectivity index (χ2n) is 7.77. The largest absolute Gasteiger partial charge is 0.493 e. The van der Waals surface area contributed by atoms with Crippen molar-refractivity contribution in [1.82, 2.24) is 0 Å². The molecule has 0 unspecified atom stereocenters. The van der Waals surface area contributed by atoms with Crippen LogP contribution >= 0.6 is 21.4 Å². The predicted molar refractivity (Wildman–Crippen MR) is 114 cm³/mol. The summed E-state index contributed by atoms with van der Waals surface area (Å²) in [6.07, 6.45) is 4.56. The second-order valence-corrected chi connectivity index (χ2v) is 11.4. The van der Waals surface area contributed by atoms with Crippen molar-refractivity contribution < 1.29 is 13.2 Å². The zero-order chi connectivity index (χ0) is 20.6. The normalized spacial score (nSPS) is 12.3. The average molecular weight is 425 g/mol. The van der Waals surface area contributed by atoms with Crippen LogP contribution in [0.2, 0.25) is 0 Å². The molecule has 152 valence electrons. The van der Waals surface area contributed by atoms with Crippen molar-refractivity contribution in [2.45, 2.75) is 85.0 Å². The molecule has 26 heavy (non-hydrogen) atoms. The van der Waals surface area contributed by atoms with Gasteiger partial charge in [0.25, 0.3) is 0 Å². The zero-order valence-corrected chi connectivity index (χ0v) is 19.5. The van der Waals surface area contributed by atoms with Gasteiger partial charge >= 0.3 is 8.26 Å². The van der Waals surface area contributed by atoms with Gasteiger partial charge in [0.1, 0.15) is 5.75 Å². The number of ether oxygens (including phenoxy) is 1. The lowest BCUT2D eigenvalue weighted by atomic mass is 9.76. The first-order valence-corrected chi connectivity index (χ1v) is 12.3. The summed E-state index contributed by atoms with van der Waals surface area (Å²) in [7, 11) is 4.81. The fraction of sp³-hybridized carbons (Fsp3) is 0.700. The van der Waals surface area contributed by atoms with Crippen LogP contribution in [0, 0.1) is 0 Å². The van der Waals surface area contributed by atoms with Crippen molar-refractivity contribution in [3.05, 3.63) is 29.3 Å². The third-order valence-electron chi connectivity index (χ3n) is 5.01. The maximum atomic E-state index is 9.16. The standard InChI is InChI=1S/C20H34O.Cl2O2S/c1-8-11-14-21-18-13-12-16(19(4,5)9-2)15-17(18)20(6,7)10-3;1-5(2,3)4/h12-13,15H,8-11,14H2,1-7H3;. The molecule has 0 bridgehead atoms. The molecule has 0 heterocycles. The van der Waals surface area contributed by atoms with E-state index in [1.165, 1.54) is 17.5 Å². The van der Waals surface area contributed by atoms with E-state index in [2.05, 4.69) is 88.0 Å². The van der Waals surface area contributed by atoms with Crippen LogP contribution in [0.3, 0.4) is 0 Å².